The summed E-state index contributed by atoms with van der Waals surface area (Å²) in [5.74, 6) is 0. The quantitative estimate of drug-likeness (QED) is 0.141. The Kier molecular flexibility index (Phi) is 12.0. The summed E-state index contributed by atoms with van der Waals surface area (Å²) in [5.41, 5.74) is 26.4. The highest BCUT2D eigenvalue weighted by Crippen LogP contribution is 2.50. The Labute approximate surface area is 493 Å². The molecule has 1 aromatic heterocycles. The van der Waals surface area contributed by atoms with E-state index in [1.807, 2.05) is 6.07 Å². The molecule has 0 atom stereocenters. The van der Waals surface area contributed by atoms with E-state index in [1.54, 1.807) is 0 Å². The molecule has 84 heavy (non-hydrogen) atoms. The van der Waals surface area contributed by atoms with Gasteiger partial charge in [0.1, 0.15) is 11.2 Å². The Balaban J connectivity index is 0.988. The highest BCUT2D eigenvalue weighted by molar-refractivity contribution is 7.00. The molecule has 15 rings (SSSR count). The van der Waals surface area contributed by atoms with Gasteiger partial charge in [-0.1, -0.05) is 224 Å². The number of fused-ring (bicyclic) bond motifs is 8. The number of anilines is 9. The van der Waals surface area contributed by atoms with Crippen molar-refractivity contribution in [3.05, 3.63) is 278 Å². The van der Waals surface area contributed by atoms with Gasteiger partial charge in [0.25, 0.3) is 6.71 Å². The Morgan fingerprint density at radius 2 is 0.952 bits per heavy atom. The summed E-state index contributed by atoms with van der Waals surface area (Å²) in [4.78, 5) is 7.60. The van der Waals surface area contributed by atoms with Gasteiger partial charge in [-0.2, -0.15) is 0 Å². The SMILES string of the molecule is Cc1ccccc1-c1ccc2c(c1)B1c3ccc(N(c4ccc(C(C)(C)C)cc4)c4cccc5ccccc45)cc3N(c3ccc(-c4ccccc4)cc3)c3cc(C(C)(C)C)cc(c31)N2c1ccc(-c2cccc3c2oc2ccccc23)cc1. The molecule has 404 valence electrons. The highest BCUT2D eigenvalue weighted by Gasteiger charge is 2.45. The molecule has 4 nitrogen and oxygen atoms in total. The van der Waals surface area contributed by atoms with Crippen LogP contribution in [0.3, 0.4) is 0 Å². The van der Waals surface area contributed by atoms with Crippen molar-refractivity contribution in [2.45, 2.75) is 59.3 Å². The van der Waals surface area contributed by atoms with Gasteiger partial charge in [0.2, 0.25) is 0 Å². The lowest BCUT2D eigenvalue weighted by Crippen LogP contribution is -2.61. The van der Waals surface area contributed by atoms with E-state index in [0.29, 0.717) is 0 Å². The van der Waals surface area contributed by atoms with Crippen LogP contribution in [0.5, 0.6) is 0 Å². The molecule has 5 heteroatoms. The van der Waals surface area contributed by atoms with Gasteiger partial charge in [0.05, 0.1) is 5.69 Å². The van der Waals surface area contributed by atoms with Gasteiger partial charge in [-0.3, -0.25) is 0 Å². The number of para-hydroxylation sites is 2. The second-order valence-electron chi connectivity index (χ2n) is 25.0. The van der Waals surface area contributed by atoms with E-state index in [0.717, 1.165) is 67.2 Å². The second-order valence-corrected chi connectivity index (χ2v) is 25.0. The predicted molar refractivity (Wildman–Crippen MR) is 358 cm³/mol. The molecule has 0 fully saturated rings. The molecule has 3 heterocycles. The van der Waals surface area contributed by atoms with E-state index < -0.39 is 0 Å². The van der Waals surface area contributed by atoms with Gasteiger partial charge >= 0.3 is 0 Å². The fourth-order valence-corrected chi connectivity index (χ4v) is 13.3. The minimum atomic E-state index is -0.202. The van der Waals surface area contributed by atoms with Gasteiger partial charge in [-0.25, -0.2) is 0 Å². The Morgan fingerprint density at radius 3 is 1.68 bits per heavy atom. The summed E-state index contributed by atoms with van der Waals surface area (Å²) in [6, 6.07) is 97.1. The lowest BCUT2D eigenvalue weighted by atomic mass is 9.33. The summed E-state index contributed by atoms with van der Waals surface area (Å²) >= 11 is 0. The van der Waals surface area contributed by atoms with Crippen LogP contribution < -0.4 is 31.1 Å². The summed E-state index contributed by atoms with van der Waals surface area (Å²) in [6.45, 7) is 16.0. The normalized spacial score (nSPS) is 12.9. The van der Waals surface area contributed by atoms with E-state index in [1.165, 1.54) is 83.2 Å². The molecule has 0 unspecified atom stereocenters. The average Bonchev–Trinajstić information content (AvgIpc) is 1.30. The molecule has 0 spiro atoms. The molecular formula is C79H64BN3O. The number of hydrogen-bond acceptors (Lipinski definition) is 4. The van der Waals surface area contributed by atoms with E-state index in [9.17, 15) is 0 Å². The molecule has 2 aliphatic heterocycles. The summed E-state index contributed by atoms with van der Waals surface area (Å²) in [5, 5.41) is 4.65. The molecule has 0 amide bonds. The lowest BCUT2D eigenvalue weighted by Gasteiger charge is -2.45. The van der Waals surface area contributed by atoms with Crippen molar-refractivity contribution in [3.63, 3.8) is 0 Å². The fraction of sp³-hybridized carbons (Fsp3) is 0.114. The van der Waals surface area contributed by atoms with Crippen molar-refractivity contribution in [2.24, 2.45) is 0 Å². The number of furan rings is 1. The first-order chi connectivity index (χ1) is 40.8. The van der Waals surface area contributed by atoms with Crippen molar-refractivity contribution in [3.8, 4) is 33.4 Å². The zero-order valence-corrected chi connectivity index (χ0v) is 48.7. The van der Waals surface area contributed by atoms with Crippen LogP contribution >= 0.6 is 0 Å². The zero-order chi connectivity index (χ0) is 57.0. The van der Waals surface area contributed by atoms with Crippen molar-refractivity contribution >= 4 is 107 Å². The van der Waals surface area contributed by atoms with Crippen LogP contribution in [0.25, 0.3) is 66.1 Å². The van der Waals surface area contributed by atoms with Crippen LogP contribution in [0.2, 0.25) is 0 Å². The van der Waals surface area contributed by atoms with Gasteiger partial charge < -0.3 is 19.1 Å². The van der Waals surface area contributed by atoms with Gasteiger partial charge in [0, 0.05) is 67.2 Å². The minimum absolute atomic E-state index is 0.00311. The van der Waals surface area contributed by atoms with Crippen LogP contribution in [-0.2, 0) is 10.8 Å². The van der Waals surface area contributed by atoms with E-state index >= 15 is 0 Å². The Morgan fingerprint density at radius 1 is 0.381 bits per heavy atom. The van der Waals surface area contributed by atoms with Crippen molar-refractivity contribution < 1.29 is 4.42 Å². The third-order valence-corrected chi connectivity index (χ3v) is 17.7. The molecule has 12 aromatic carbocycles. The maximum atomic E-state index is 6.61. The van der Waals surface area contributed by atoms with Crippen LogP contribution in [0.15, 0.2) is 265 Å². The smallest absolute Gasteiger partial charge is 0.252 e. The van der Waals surface area contributed by atoms with Crippen molar-refractivity contribution in [2.75, 3.05) is 14.7 Å². The largest absolute Gasteiger partial charge is 0.455 e. The Bertz CT molecular complexity index is 4690. The third kappa shape index (κ3) is 8.52. The Hall–Kier alpha value is -9.84. The topological polar surface area (TPSA) is 22.9 Å². The minimum Gasteiger partial charge on any atom is -0.455 e. The molecule has 13 aromatic rings. The molecule has 2 aliphatic rings. The van der Waals surface area contributed by atoms with Crippen LogP contribution in [0.1, 0.15) is 58.2 Å². The molecule has 0 N–H and O–H groups in total. The molecule has 0 saturated carbocycles. The maximum Gasteiger partial charge on any atom is 0.252 e. The number of nitrogens with zero attached hydrogens (tertiary/aromatic N) is 3. The number of hydrogen-bond donors (Lipinski definition) is 0. The van der Waals surface area contributed by atoms with Crippen LogP contribution in [0, 0.1) is 6.92 Å². The van der Waals surface area contributed by atoms with E-state index in [-0.39, 0.29) is 17.5 Å². The average molecular weight is 1080 g/mol. The van der Waals surface area contributed by atoms with Crippen LogP contribution in [0.4, 0.5) is 51.2 Å². The maximum absolute atomic E-state index is 6.61. The summed E-state index contributed by atoms with van der Waals surface area (Å²) in [6.07, 6.45) is 0. The monoisotopic (exact) mass is 1080 g/mol. The number of aryl methyl sites for hydroxylation is 1. The second kappa shape index (κ2) is 19.7. The van der Waals surface area contributed by atoms with Gasteiger partial charge in [0.15, 0.2) is 0 Å². The molecular weight excluding hydrogens is 1020 g/mol. The molecule has 0 saturated heterocycles. The van der Waals surface area contributed by atoms with Gasteiger partial charge in [-0.05, 0) is 163 Å². The first kappa shape index (κ1) is 51.1. The fourth-order valence-electron chi connectivity index (χ4n) is 13.3. The van der Waals surface area contributed by atoms with Crippen molar-refractivity contribution in [1.82, 2.24) is 0 Å². The zero-order valence-electron chi connectivity index (χ0n) is 48.7. The molecule has 0 radical (unpaired) electrons. The standard InChI is InChI=1S/C79H64BN3O/c1-51-19-11-13-24-63(51)56-35-46-71-69(47-56)80-68-45-44-62(81(59-42-36-57(37-43-59)78(2,3)4)70-29-17-23-54-22-12-14-25-64(54)70)50-72(68)83(61-38-31-53(32-39-61)52-20-9-8-10-21-52)74-49-58(79(5,6)7)48-73(76(74)80)82(71)60-40-33-55(34-41-60)65-27-18-28-67-66-26-15-16-30-75(66)84-77(65)67/h8-50H,1-7H3. The van der Waals surface area contributed by atoms with Gasteiger partial charge in [-0.15, -0.1) is 0 Å². The van der Waals surface area contributed by atoms with E-state index in [2.05, 4.69) is 318 Å². The highest BCUT2D eigenvalue weighted by atomic mass is 16.3. The first-order valence-corrected chi connectivity index (χ1v) is 29.5. The summed E-state index contributed by atoms with van der Waals surface area (Å²) < 4.78 is 6.61. The first-order valence-electron chi connectivity index (χ1n) is 29.5. The lowest BCUT2D eigenvalue weighted by molar-refractivity contribution is 0.590. The molecule has 0 bridgehead atoms. The third-order valence-electron chi connectivity index (χ3n) is 17.7. The predicted octanol–water partition coefficient (Wildman–Crippen LogP) is 20.2. The van der Waals surface area contributed by atoms with E-state index in [4.69, 9.17) is 4.42 Å². The summed E-state index contributed by atoms with van der Waals surface area (Å²) in [7, 11) is 0. The van der Waals surface area contributed by atoms with Crippen LogP contribution in [-0.4, -0.2) is 6.71 Å². The van der Waals surface area contributed by atoms with Crippen molar-refractivity contribution in [1.29, 1.82) is 0 Å². The molecule has 0 aliphatic carbocycles. The number of rotatable bonds is 8. The number of benzene rings is 12.